The van der Waals surface area contributed by atoms with E-state index in [2.05, 4.69) is 63.1 Å². The van der Waals surface area contributed by atoms with Gasteiger partial charge in [-0.25, -0.2) is 13.1 Å². The molecular weight excluding hydrogens is 406 g/mol. The lowest BCUT2D eigenvalue weighted by atomic mass is 9.74. The third kappa shape index (κ3) is 4.38. The third-order valence-electron chi connectivity index (χ3n) is 7.33. The first-order valence-corrected chi connectivity index (χ1v) is 13.3. The van der Waals surface area contributed by atoms with E-state index in [0.29, 0.717) is 12.0 Å². The fraction of sp³-hybridized carbons (Fsp3) is 0.520. The van der Waals surface area contributed by atoms with Crippen LogP contribution in [0.4, 0.5) is 5.69 Å². The Morgan fingerprint density at radius 2 is 1.84 bits per heavy atom. The van der Waals surface area contributed by atoms with Crippen molar-refractivity contribution in [3.8, 4) is 0 Å². The first-order valence-electron chi connectivity index (χ1n) is 11.7. The Morgan fingerprint density at radius 3 is 2.52 bits per heavy atom. The molecule has 3 aliphatic rings. The van der Waals surface area contributed by atoms with Crippen LogP contribution in [-0.2, 0) is 22.9 Å². The predicted molar refractivity (Wildman–Crippen MR) is 126 cm³/mol. The Hall–Kier alpha value is -1.89. The van der Waals surface area contributed by atoms with E-state index in [9.17, 15) is 8.42 Å². The second-order valence-electron chi connectivity index (χ2n) is 9.30. The minimum atomic E-state index is -3.14. The molecule has 1 aliphatic carbocycles. The van der Waals surface area contributed by atoms with Gasteiger partial charge in [0.2, 0.25) is 10.0 Å². The highest BCUT2D eigenvalue weighted by atomic mass is 32.2. The Labute approximate surface area is 186 Å². The summed E-state index contributed by atoms with van der Waals surface area (Å²) in [6.07, 6.45) is 4.80. The zero-order valence-electron chi connectivity index (χ0n) is 18.3. The molecule has 0 saturated carbocycles. The van der Waals surface area contributed by atoms with Gasteiger partial charge in [0.15, 0.2) is 0 Å². The van der Waals surface area contributed by atoms with Gasteiger partial charge in [0.25, 0.3) is 0 Å². The Bertz CT molecular complexity index is 1010. The number of benzene rings is 2. The van der Waals surface area contributed by atoms with E-state index < -0.39 is 10.0 Å². The van der Waals surface area contributed by atoms with E-state index in [1.165, 1.54) is 48.3 Å². The maximum atomic E-state index is 11.9. The highest BCUT2D eigenvalue weighted by Gasteiger charge is 2.37. The molecule has 1 N–H and O–H groups in total. The van der Waals surface area contributed by atoms with Crippen LogP contribution in [-0.4, -0.2) is 57.3 Å². The van der Waals surface area contributed by atoms with E-state index >= 15 is 0 Å². The van der Waals surface area contributed by atoms with Gasteiger partial charge in [-0.2, -0.15) is 0 Å². The van der Waals surface area contributed by atoms with Crippen LogP contribution in [0.2, 0.25) is 0 Å². The van der Waals surface area contributed by atoms with Crippen LogP contribution in [0.25, 0.3) is 0 Å². The fourth-order valence-corrected chi connectivity index (χ4v) is 6.21. The smallest absolute Gasteiger partial charge is 0.211 e. The number of hydrogen-bond acceptors (Lipinski definition) is 4. The molecule has 0 amide bonds. The van der Waals surface area contributed by atoms with E-state index in [-0.39, 0.29) is 11.8 Å². The molecule has 2 aliphatic heterocycles. The topological polar surface area (TPSA) is 52.7 Å². The molecule has 0 aromatic heterocycles. The lowest BCUT2D eigenvalue weighted by Crippen LogP contribution is -2.59. The lowest BCUT2D eigenvalue weighted by molar-refractivity contribution is 0.0877. The number of aryl methyl sites for hydroxylation is 1. The molecule has 6 heteroatoms. The summed E-state index contributed by atoms with van der Waals surface area (Å²) in [6.45, 7) is 5.64. The van der Waals surface area contributed by atoms with Crippen LogP contribution in [0.3, 0.4) is 0 Å². The normalized spacial score (nSPS) is 24.4. The van der Waals surface area contributed by atoms with Gasteiger partial charge in [-0.05, 0) is 74.5 Å². The van der Waals surface area contributed by atoms with Crippen molar-refractivity contribution in [2.24, 2.45) is 0 Å². The van der Waals surface area contributed by atoms with Crippen molar-refractivity contribution in [2.45, 2.75) is 50.6 Å². The highest BCUT2D eigenvalue weighted by Crippen LogP contribution is 2.40. The SMILES string of the molecule is CCS(=O)(=O)NC1CN(c2ccc3c(c2)[C@@H](Cc2ccccc2)[C@@H](N2CCC2)CC3)C1. The van der Waals surface area contributed by atoms with E-state index in [0.717, 1.165) is 25.9 Å². The summed E-state index contributed by atoms with van der Waals surface area (Å²) >= 11 is 0. The molecule has 5 rings (SSSR count). The molecule has 2 fully saturated rings. The first kappa shape index (κ1) is 21.0. The molecule has 2 atom stereocenters. The lowest BCUT2D eigenvalue weighted by Gasteiger charge is -2.46. The molecule has 0 bridgehead atoms. The first-order chi connectivity index (χ1) is 15.0. The third-order valence-corrected chi connectivity index (χ3v) is 8.79. The Kier molecular flexibility index (Phi) is 5.80. The van der Waals surface area contributed by atoms with Gasteiger partial charge in [-0.15, -0.1) is 0 Å². The Balaban J connectivity index is 1.37. The van der Waals surface area contributed by atoms with Crippen molar-refractivity contribution in [3.63, 3.8) is 0 Å². The summed E-state index contributed by atoms with van der Waals surface area (Å²) in [5.74, 6) is 0.656. The predicted octanol–water partition coefficient (Wildman–Crippen LogP) is 3.16. The van der Waals surface area contributed by atoms with Crippen LogP contribution < -0.4 is 9.62 Å². The molecule has 0 spiro atoms. The molecule has 31 heavy (non-hydrogen) atoms. The zero-order valence-corrected chi connectivity index (χ0v) is 19.2. The summed E-state index contributed by atoms with van der Waals surface area (Å²) in [7, 11) is -3.14. The molecule has 2 aromatic rings. The molecule has 0 radical (unpaired) electrons. The van der Waals surface area contributed by atoms with Crippen LogP contribution in [0.15, 0.2) is 48.5 Å². The summed E-state index contributed by atoms with van der Waals surface area (Å²) < 4.78 is 26.5. The average Bonchev–Trinajstić information content (AvgIpc) is 2.71. The largest absolute Gasteiger partial charge is 0.368 e. The van der Waals surface area contributed by atoms with Crippen molar-refractivity contribution < 1.29 is 8.42 Å². The second-order valence-corrected chi connectivity index (χ2v) is 11.3. The van der Waals surface area contributed by atoms with Crippen molar-refractivity contribution in [1.29, 1.82) is 0 Å². The quantitative estimate of drug-likeness (QED) is 0.720. The van der Waals surface area contributed by atoms with Crippen LogP contribution >= 0.6 is 0 Å². The number of hydrogen-bond donors (Lipinski definition) is 1. The number of fused-ring (bicyclic) bond motifs is 1. The number of likely N-dealkylation sites (tertiary alicyclic amines) is 1. The van der Waals surface area contributed by atoms with Crippen molar-refractivity contribution in [2.75, 3.05) is 36.8 Å². The molecule has 2 heterocycles. The van der Waals surface area contributed by atoms with Gasteiger partial charge >= 0.3 is 0 Å². The summed E-state index contributed by atoms with van der Waals surface area (Å²) in [6, 6.07) is 18.5. The summed E-state index contributed by atoms with van der Waals surface area (Å²) in [5.41, 5.74) is 5.63. The molecule has 5 nitrogen and oxygen atoms in total. The van der Waals surface area contributed by atoms with Crippen molar-refractivity contribution in [1.82, 2.24) is 9.62 Å². The van der Waals surface area contributed by atoms with Gasteiger partial charge in [0.05, 0.1) is 11.8 Å². The second kappa shape index (κ2) is 8.57. The van der Waals surface area contributed by atoms with Crippen molar-refractivity contribution >= 4 is 15.7 Å². The highest BCUT2D eigenvalue weighted by molar-refractivity contribution is 7.89. The van der Waals surface area contributed by atoms with Gasteiger partial charge < -0.3 is 4.90 Å². The monoisotopic (exact) mass is 439 g/mol. The zero-order chi connectivity index (χ0) is 21.4. The van der Waals surface area contributed by atoms with E-state index in [4.69, 9.17) is 0 Å². The summed E-state index contributed by atoms with van der Waals surface area (Å²) in [5, 5.41) is 0. The fourth-order valence-electron chi connectivity index (χ4n) is 5.39. The molecule has 0 unspecified atom stereocenters. The van der Waals surface area contributed by atoms with Crippen LogP contribution in [0.5, 0.6) is 0 Å². The molecule has 2 aromatic carbocycles. The number of nitrogens with zero attached hydrogens (tertiary/aromatic N) is 2. The van der Waals surface area contributed by atoms with Gasteiger partial charge in [0, 0.05) is 30.7 Å². The minimum Gasteiger partial charge on any atom is -0.368 e. The van der Waals surface area contributed by atoms with Crippen LogP contribution in [0, 0.1) is 0 Å². The molecular formula is C25H33N3O2S. The standard InChI is InChI=1S/C25H33N3O2S/c1-2-31(29,30)26-21-17-28(18-21)22-11-9-20-10-12-25(27-13-6-14-27)24(23(20)16-22)15-19-7-4-3-5-8-19/h3-5,7-9,11,16,21,24-26H,2,6,10,12-15,17-18H2,1H3/t24-,25+/m1/s1. The number of rotatable bonds is 7. The molecule has 2 saturated heterocycles. The maximum Gasteiger partial charge on any atom is 0.211 e. The summed E-state index contributed by atoms with van der Waals surface area (Å²) in [4.78, 5) is 4.98. The van der Waals surface area contributed by atoms with Gasteiger partial charge in [0.1, 0.15) is 0 Å². The number of sulfonamides is 1. The van der Waals surface area contributed by atoms with E-state index in [1.54, 1.807) is 6.92 Å². The van der Waals surface area contributed by atoms with Gasteiger partial charge in [-0.3, -0.25) is 4.90 Å². The Morgan fingerprint density at radius 1 is 1.06 bits per heavy atom. The van der Waals surface area contributed by atoms with Crippen molar-refractivity contribution in [3.05, 3.63) is 65.2 Å². The van der Waals surface area contributed by atoms with Gasteiger partial charge in [-0.1, -0.05) is 36.4 Å². The number of anilines is 1. The van der Waals surface area contributed by atoms with Crippen LogP contribution in [0.1, 0.15) is 42.4 Å². The number of nitrogens with one attached hydrogen (secondary N) is 1. The van der Waals surface area contributed by atoms with E-state index in [1.807, 2.05) is 0 Å². The minimum absolute atomic E-state index is 0.0231. The average molecular weight is 440 g/mol. The maximum absolute atomic E-state index is 11.9. The molecule has 166 valence electrons.